The van der Waals surface area contributed by atoms with Crippen LogP contribution in [0.2, 0.25) is 0 Å². The largest absolute Gasteiger partial charge is 0.465 e. The molecule has 1 aliphatic rings. The maximum Gasteiger partial charge on any atom is 0.404 e. The third-order valence-corrected chi connectivity index (χ3v) is 2.35. The predicted octanol–water partition coefficient (Wildman–Crippen LogP) is 1.61. The third kappa shape index (κ3) is 2.36. The van der Waals surface area contributed by atoms with E-state index in [4.69, 9.17) is 14.6 Å². The first-order chi connectivity index (χ1) is 7.65. The summed E-state index contributed by atoms with van der Waals surface area (Å²) in [6, 6.07) is 5.50. The van der Waals surface area contributed by atoms with Gasteiger partial charge in [-0.25, -0.2) is 4.79 Å². The maximum absolute atomic E-state index is 10.4. The summed E-state index contributed by atoms with van der Waals surface area (Å²) in [5, 5.41) is 11.0. The van der Waals surface area contributed by atoms with Gasteiger partial charge in [0.05, 0.1) is 0 Å². The van der Waals surface area contributed by atoms with Crippen LogP contribution in [0.15, 0.2) is 18.2 Å². The maximum atomic E-state index is 10.4. The molecule has 2 N–H and O–H groups in total. The van der Waals surface area contributed by atoms with E-state index in [9.17, 15) is 4.79 Å². The monoisotopic (exact) mass is 223 g/mol. The number of fused-ring (bicyclic) bond motifs is 1. The number of hydrogen-bond donors (Lipinski definition) is 2. The van der Waals surface area contributed by atoms with Crippen molar-refractivity contribution >= 4 is 6.09 Å². The number of carbonyl (C=O) groups is 1. The first-order valence-corrected chi connectivity index (χ1v) is 5.03. The quantitative estimate of drug-likeness (QED) is 0.817. The normalized spacial score (nSPS) is 14.6. The lowest BCUT2D eigenvalue weighted by atomic mass is 10.1. The van der Waals surface area contributed by atoms with Crippen LogP contribution in [0.3, 0.4) is 0 Å². The number of amides is 1. The Balaban J connectivity index is 2.02. The van der Waals surface area contributed by atoms with Gasteiger partial charge in [0.15, 0.2) is 11.5 Å². The Morgan fingerprint density at radius 2 is 2.25 bits per heavy atom. The fraction of sp³-hybridized carbons (Fsp3) is 0.364. The first-order valence-electron chi connectivity index (χ1n) is 5.03. The minimum Gasteiger partial charge on any atom is -0.465 e. The second-order valence-electron chi connectivity index (χ2n) is 3.74. The molecule has 86 valence electrons. The summed E-state index contributed by atoms with van der Waals surface area (Å²) in [7, 11) is 0. The smallest absolute Gasteiger partial charge is 0.404 e. The van der Waals surface area contributed by atoms with E-state index in [-0.39, 0.29) is 12.8 Å². The number of rotatable bonds is 3. The van der Waals surface area contributed by atoms with Gasteiger partial charge in [0, 0.05) is 6.04 Å². The minimum absolute atomic E-state index is 0.127. The molecule has 0 fully saturated rings. The zero-order valence-corrected chi connectivity index (χ0v) is 8.90. The van der Waals surface area contributed by atoms with Crippen LogP contribution in [0, 0.1) is 0 Å². The van der Waals surface area contributed by atoms with Crippen LogP contribution in [-0.2, 0) is 6.42 Å². The van der Waals surface area contributed by atoms with Crippen LogP contribution in [-0.4, -0.2) is 24.0 Å². The third-order valence-electron chi connectivity index (χ3n) is 2.35. The Labute approximate surface area is 93.0 Å². The number of ether oxygens (including phenoxy) is 2. The molecule has 0 saturated heterocycles. The van der Waals surface area contributed by atoms with Crippen LogP contribution in [0.25, 0.3) is 0 Å². The van der Waals surface area contributed by atoms with Gasteiger partial charge in [0.2, 0.25) is 6.79 Å². The fourth-order valence-corrected chi connectivity index (χ4v) is 1.68. The van der Waals surface area contributed by atoms with Crippen molar-refractivity contribution in [2.45, 2.75) is 19.4 Å². The molecule has 0 aliphatic carbocycles. The van der Waals surface area contributed by atoms with Gasteiger partial charge in [-0.1, -0.05) is 6.07 Å². The molecule has 5 nitrogen and oxygen atoms in total. The highest BCUT2D eigenvalue weighted by molar-refractivity contribution is 5.64. The van der Waals surface area contributed by atoms with E-state index in [1.807, 2.05) is 25.1 Å². The summed E-state index contributed by atoms with van der Waals surface area (Å²) >= 11 is 0. The van der Waals surface area contributed by atoms with E-state index in [2.05, 4.69) is 5.32 Å². The van der Waals surface area contributed by atoms with E-state index >= 15 is 0 Å². The van der Waals surface area contributed by atoms with Gasteiger partial charge in [0.1, 0.15) is 0 Å². The molecule has 0 aromatic heterocycles. The zero-order valence-electron chi connectivity index (χ0n) is 8.90. The van der Waals surface area contributed by atoms with Gasteiger partial charge in [-0.2, -0.15) is 0 Å². The van der Waals surface area contributed by atoms with Crippen LogP contribution in [0.1, 0.15) is 12.5 Å². The molecule has 0 radical (unpaired) electrons. The number of carboxylic acid groups (broad SMARTS) is 1. The van der Waals surface area contributed by atoms with Gasteiger partial charge in [0.25, 0.3) is 0 Å². The molecule has 0 saturated carbocycles. The predicted molar refractivity (Wildman–Crippen MR) is 56.9 cm³/mol. The number of benzene rings is 1. The molecule has 16 heavy (non-hydrogen) atoms. The molecule has 1 amide bonds. The van der Waals surface area contributed by atoms with Crippen molar-refractivity contribution in [1.82, 2.24) is 5.32 Å². The highest BCUT2D eigenvalue weighted by Crippen LogP contribution is 2.32. The molecular weight excluding hydrogens is 210 g/mol. The van der Waals surface area contributed by atoms with Crippen molar-refractivity contribution in [1.29, 1.82) is 0 Å². The molecular formula is C11H13NO4. The van der Waals surface area contributed by atoms with Crippen molar-refractivity contribution in [3.05, 3.63) is 23.8 Å². The number of hydrogen-bond acceptors (Lipinski definition) is 3. The molecule has 1 aromatic carbocycles. The van der Waals surface area contributed by atoms with E-state index in [0.29, 0.717) is 6.42 Å². The summed E-state index contributed by atoms with van der Waals surface area (Å²) in [4.78, 5) is 10.4. The lowest BCUT2D eigenvalue weighted by Crippen LogP contribution is -2.32. The molecule has 0 unspecified atom stereocenters. The Morgan fingerprint density at radius 1 is 1.50 bits per heavy atom. The lowest BCUT2D eigenvalue weighted by Gasteiger charge is -2.11. The summed E-state index contributed by atoms with van der Waals surface area (Å²) in [6.45, 7) is 2.07. The molecule has 5 heteroatoms. The van der Waals surface area contributed by atoms with Crippen molar-refractivity contribution in [2.75, 3.05) is 6.79 Å². The zero-order chi connectivity index (χ0) is 11.5. The van der Waals surface area contributed by atoms with E-state index in [1.54, 1.807) is 0 Å². The van der Waals surface area contributed by atoms with Gasteiger partial charge in [-0.05, 0) is 31.0 Å². The topological polar surface area (TPSA) is 67.8 Å². The van der Waals surface area contributed by atoms with E-state index in [1.165, 1.54) is 0 Å². The van der Waals surface area contributed by atoms with Crippen molar-refractivity contribution in [2.24, 2.45) is 0 Å². The Bertz CT molecular complexity index is 405. The second kappa shape index (κ2) is 4.30. The highest BCUT2D eigenvalue weighted by atomic mass is 16.7. The highest BCUT2D eigenvalue weighted by Gasteiger charge is 2.14. The van der Waals surface area contributed by atoms with Crippen molar-refractivity contribution in [3.8, 4) is 11.5 Å². The Morgan fingerprint density at radius 3 is 3.00 bits per heavy atom. The van der Waals surface area contributed by atoms with Crippen LogP contribution in [0.4, 0.5) is 4.79 Å². The Kier molecular flexibility index (Phi) is 2.85. The summed E-state index contributed by atoms with van der Waals surface area (Å²) < 4.78 is 10.4. The molecule has 2 rings (SSSR count). The average molecular weight is 223 g/mol. The van der Waals surface area contributed by atoms with Gasteiger partial charge < -0.3 is 19.9 Å². The van der Waals surface area contributed by atoms with Crippen LogP contribution >= 0.6 is 0 Å². The Hall–Kier alpha value is -1.91. The standard InChI is InChI=1S/C11H13NO4/c1-7(12-11(13)14)4-8-2-3-9-10(5-8)16-6-15-9/h2-3,5,7,12H,4,6H2,1H3,(H,13,14)/t7-/m0/s1. The van der Waals surface area contributed by atoms with Gasteiger partial charge >= 0.3 is 6.09 Å². The SMILES string of the molecule is C[C@@H](Cc1ccc2c(c1)OCO2)NC(=O)O. The van der Waals surface area contributed by atoms with Gasteiger partial charge in [-0.3, -0.25) is 0 Å². The van der Waals surface area contributed by atoms with Crippen LogP contribution in [0.5, 0.6) is 11.5 Å². The first kappa shape index (κ1) is 10.6. The molecule has 0 bridgehead atoms. The fourth-order valence-electron chi connectivity index (χ4n) is 1.68. The average Bonchev–Trinajstić information content (AvgIpc) is 2.63. The van der Waals surface area contributed by atoms with Crippen molar-refractivity contribution in [3.63, 3.8) is 0 Å². The van der Waals surface area contributed by atoms with Crippen molar-refractivity contribution < 1.29 is 19.4 Å². The molecule has 1 aromatic rings. The van der Waals surface area contributed by atoms with Crippen LogP contribution < -0.4 is 14.8 Å². The minimum atomic E-state index is -1.01. The molecule has 1 aliphatic heterocycles. The van der Waals surface area contributed by atoms with Gasteiger partial charge in [-0.15, -0.1) is 0 Å². The summed E-state index contributed by atoms with van der Waals surface area (Å²) in [5.41, 5.74) is 1.02. The molecule has 1 heterocycles. The molecule has 1 atom stereocenters. The molecule has 0 spiro atoms. The summed E-state index contributed by atoms with van der Waals surface area (Å²) in [6.07, 6.45) is -0.378. The lowest BCUT2D eigenvalue weighted by molar-refractivity contribution is 0.174. The number of nitrogens with one attached hydrogen (secondary N) is 1. The van der Waals surface area contributed by atoms with E-state index < -0.39 is 6.09 Å². The van der Waals surface area contributed by atoms with E-state index in [0.717, 1.165) is 17.1 Å². The summed E-state index contributed by atoms with van der Waals surface area (Å²) in [5.74, 6) is 1.46. The second-order valence-corrected chi connectivity index (χ2v) is 3.74.